The summed E-state index contributed by atoms with van der Waals surface area (Å²) in [6, 6.07) is 9.60. The lowest BCUT2D eigenvalue weighted by Gasteiger charge is -2.13. The van der Waals surface area contributed by atoms with Gasteiger partial charge in [-0.25, -0.2) is 0 Å². The molecule has 7 heteroatoms. The maximum absolute atomic E-state index is 12.2. The molecule has 2 heterocycles. The van der Waals surface area contributed by atoms with E-state index in [2.05, 4.69) is 4.98 Å². The van der Waals surface area contributed by atoms with Crippen LogP contribution in [0.2, 0.25) is 0 Å². The van der Waals surface area contributed by atoms with Crippen LogP contribution in [-0.2, 0) is 6.54 Å². The Labute approximate surface area is 135 Å². The molecule has 0 bridgehead atoms. The van der Waals surface area contributed by atoms with Crippen molar-refractivity contribution in [3.8, 4) is 5.75 Å². The average molecular weight is 334 g/mol. The largest absolute Gasteiger partial charge is 0.484 e. The van der Waals surface area contributed by atoms with Gasteiger partial charge in [-0.15, -0.1) is 0 Å². The van der Waals surface area contributed by atoms with Gasteiger partial charge in [-0.1, -0.05) is 12.1 Å². The molecule has 0 saturated heterocycles. The van der Waals surface area contributed by atoms with Crippen LogP contribution in [0.25, 0.3) is 10.9 Å². The van der Waals surface area contributed by atoms with E-state index in [4.69, 9.17) is 4.74 Å². The van der Waals surface area contributed by atoms with Crippen LogP contribution in [-0.4, -0.2) is 22.3 Å². The van der Waals surface area contributed by atoms with Gasteiger partial charge in [0.15, 0.2) is 12.0 Å². The van der Waals surface area contributed by atoms with Crippen molar-refractivity contribution in [3.05, 3.63) is 70.8 Å². The van der Waals surface area contributed by atoms with Crippen molar-refractivity contribution in [2.24, 2.45) is 0 Å². The number of pyridine rings is 2. The molecule has 0 saturated carbocycles. The lowest BCUT2D eigenvalue weighted by atomic mass is 10.2. The minimum absolute atomic E-state index is 0.128. The molecule has 1 aromatic carbocycles. The van der Waals surface area contributed by atoms with E-state index in [1.54, 1.807) is 36.7 Å². The third kappa shape index (κ3) is 3.73. The fourth-order valence-electron chi connectivity index (χ4n) is 2.39. The third-order valence-electron chi connectivity index (χ3n) is 3.43. The molecule has 0 spiro atoms. The first-order valence-corrected chi connectivity index (χ1v) is 7.14. The molecule has 3 rings (SSSR count). The summed E-state index contributed by atoms with van der Waals surface area (Å²) < 4.78 is 43.3. The maximum atomic E-state index is 12.2. The first kappa shape index (κ1) is 16.0. The van der Waals surface area contributed by atoms with Crippen LogP contribution < -0.4 is 10.2 Å². The number of aromatic nitrogens is 2. The molecule has 0 fully saturated rings. The summed E-state index contributed by atoms with van der Waals surface area (Å²) in [5.41, 5.74) is 1.34. The van der Waals surface area contributed by atoms with Crippen molar-refractivity contribution in [1.29, 1.82) is 0 Å². The molecule has 4 nitrogen and oxygen atoms in total. The molecule has 0 unspecified atom stereocenters. The smallest absolute Gasteiger partial charge is 0.422 e. The summed E-state index contributed by atoms with van der Waals surface area (Å²) in [6.45, 7) is -0.937. The van der Waals surface area contributed by atoms with Gasteiger partial charge in [0.05, 0.1) is 10.9 Å². The lowest BCUT2D eigenvalue weighted by molar-refractivity contribution is -0.153. The van der Waals surface area contributed by atoms with Crippen molar-refractivity contribution in [1.82, 2.24) is 9.55 Å². The fourth-order valence-corrected chi connectivity index (χ4v) is 2.39. The highest BCUT2D eigenvalue weighted by Gasteiger charge is 2.28. The van der Waals surface area contributed by atoms with Gasteiger partial charge in [0.25, 0.3) is 0 Å². The molecule has 0 amide bonds. The van der Waals surface area contributed by atoms with Gasteiger partial charge in [0.2, 0.25) is 0 Å². The van der Waals surface area contributed by atoms with Gasteiger partial charge in [0, 0.05) is 31.2 Å². The predicted molar refractivity (Wildman–Crippen MR) is 83.1 cm³/mol. The normalized spacial score (nSPS) is 11.6. The number of ether oxygens (including phenoxy) is 1. The van der Waals surface area contributed by atoms with Crippen molar-refractivity contribution in [3.63, 3.8) is 0 Å². The Kier molecular flexibility index (Phi) is 4.24. The van der Waals surface area contributed by atoms with E-state index < -0.39 is 12.8 Å². The number of hydrogen-bond acceptors (Lipinski definition) is 3. The van der Waals surface area contributed by atoms with Gasteiger partial charge in [0.1, 0.15) is 5.75 Å². The van der Waals surface area contributed by atoms with Crippen LogP contribution >= 0.6 is 0 Å². The molecular formula is C17H13F3N2O2. The van der Waals surface area contributed by atoms with E-state index >= 15 is 0 Å². The van der Waals surface area contributed by atoms with Gasteiger partial charge in [-0.2, -0.15) is 13.2 Å². The van der Waals surface area contributed by atoms with E-state index in [-0.39, 0.29) is 11.2 Å². The van der Waals surface area contributed by atoms with E-state index in [1.165, 1.54) is 18.3 Å². The zero-order valence-electron chi connectivity index (χ0n) is 12.5. The van der Waals surface area contributed by atoms with E-state index in [9.17, 15) is 18.0 Å². The molecule has 0 atom stereocenters. The van der Waals surface area contributed by atoms with E-state index in [0.29, 0.717) is 17.4 Å². The molecular weight excluding hydrogens is 321 g/mol. The highest BCUT2D eigenvalue weighted by Crippen LogP contribution is 2.20. The maximum Gasteiger partial charge on any atom is 0.422 e. The Hall–Kier alpha value is -2.83. The summed E-state index contributed by atoms with van der Waals surface area (Å²) in [5.74, 6) is 0.150. The zero-order chi connectivity index (χ0) is 17.2. The molecule has 3 aromatic rings. The number of nitrogens with zero attached hydrogens (tertiary/aromatic N) is 2. The number of hydrogen-bond donors (Lipinski definition) is 0. The van der Waals surface area contributed by atoms with Crippen LogP contribution in [0.1, 0.15) is 5.56 Å². The molecule has 0 aliphatic rings. The molecule has 0 radical (unpaired) electrons. The van der Waals surface area contributed by atoms with E-state index in [0.717, 1.165) is 5.56 Å². The molecule has 124 valence electrons. The number of rotatable bonds is 4. The zero-order valence-corrected chi connectivity index (χ0v) is 12.5. The molecule has 0 aliphatic carbocycles. The second-order valence-corrected chi connectivity index (χ2v) is 5.25. The standard InChI is InChI=1S/C17H13F3N2O2/c18-17(19,20)11-24-13-3-1-2-12(8-13)10-22-7-5-16(23)14-9-21-6-4-15(14)22/h1-9H,10-11H2. The van der Waals surface area contributed by atoms with Crippen molar-refractivity contribution < 1.29 is 17.9 Å². The average Bonchev–Trinajstić information content (AvgIpc) is 2.56. The molecule has 0 aliphatic heterocycles. The predicted octanol–water partition coefficient (Wildman–Crippen LogP) is 3.39. The van der Waals surface area contributed by atoms with Gasteiger partial charge in [-0.3, -0.25) is 9.78 Å². The Balaban J connectivity index is 1.87. The quantitative estimate of drug-likeness (QED) is 0.735. The van der Waals surface area contributed by atoms with Crippen molar-refractivity contribution in [2.75, 3.05) is 6.61 Å². The Bertz CT molecular complexity index is 919. The SMILES string of the molecule is O=c1ccn(Cc2cccc(OCC(F)(F)F)c2)c2ccncc12. The number of fused-ring (bicyclic) bond motifs is 1. The topological polar surface area (TPSA) is 44.1 Å². The second kappa shape index (κ2) is 6.35. The van der Waals surface area contributed by atoms with Crippen LogP contribution in [0.15, 0.2) is 59.8 Å². The van der Waals surface area contributed by atoms with Crippen molar-refractivity contribution >= 4 is 10.9 Å². The van der Waals surface area contributed by atoms with Crippen LogP contribution in [0, 0.1) is 0 Å². The fraction of sp³-hybridized carbons (Fsp3) is 0.176. The Morgan fingerprint density at radius 1 is 1.17 bits per heavy atom. The van der Waals surface area contributed by atoms with Gasteiger partial charge < -0.3 is 9.30 Å². The second-order valence-electron chi connectivity index (χ2n) is 5.25. The van der Waals surface area contributed by atoms with Gasteiger partial charge in [-0.05, 0) is 23.8 Å². The molecule has 0 N–H and O–H groups in total. The molecule has 24 heavy (non-hydrogen) atoms. The number of benzene rings is 1. The first-order valence-electron chi connectivity index (χ1n) is 7.14. The summed E-state index contributed by atoms with van der Waals surface area (Å²) in [5, 5.41) is 0.490. The number of halogens is 3. The monoisotopic (exact) mass is 334 g/mol. The summed E-state index contributed by atoms with van der Waals surface area (Å²) in [7, 11) is 0. The lowest BCUT2D eigenvalue weighted by Crippen LogP contribution is -2.19. The highest BCUT2D eigenvalue weighted by molar-refractivity contribution is 5.77. The van der Waals surface area contributed by atoms with Crippen LogP contribution in [0.5, 0.6) is 5.75 Å². The summed E-state index contributed by atoms with van der Waals surface area (Å²) in [4.78, 5) is 15.8. The van der Waals surface area contributed by atoms with Crippen LogP contribution in [0.3, 0.4) is 0 Å². The number of alkyl halides is 3. The molecule has 2 aromatic heterocycles. The minimum Gasteiger partial charge on any atom is -0.484 e. The minimum atomic E-state index is -4.38. The van der Waals surface area contributed by atoms with Crippen LogP contribution in [0.4, 0.5) is 13.2 Å². The summed E-state index contributed by atoms with van der Waals surface area (Å²) in [6.07, 6.45) is 0.351. The Morgan fingerprint density at radius 3 is 2.79 bits per heavy atom. The van der Waals surface area contributed by atoms with E-state index in [1.807, 2.05) is 4.57 Å². The first-order chi connectivity index (χ1) is 11.4. The van der Waals surface area contributed by atoms with Crippen molar-refractivity contribution in [2.45, 2.75) is 12.7 Å². The summed E-state index contributed by atoms with van der Waals surface area (Å²) >= 11 is 0. The Morgan fingerprint density at radius 2 is 2.00 bits per heavy atom. The highest BCUT2D eigenvalue weighted by atomic mass is 19.4. The third-order valence-corrected chi connectivity index (χ3v) is 3.43. The van der Waals surface area contributed by atoms with Gasteiger partial charge >= 0.3 is 6.18 Å².